The number of amides is 2. The number of para-hydroxylation sites is 1. The Morgan fingerprint density at radius 3 is 2.31 bits per heavy atom. The summed E-state index contributed by atoms with van der Waals surface area (Å²) in [6.45, 7) is 0.434. The average molecular weight is 349 g/mol. The molecular formula is C20H19N3O3. The first-order valence-corrected chi connectivity index (χ1v) is 8.23. The summed E-state index contributed by atoms with van der Waals surface area (Å²) >= 11 is 0. The first kappa shape index (κ1) is 17.4. The summed E-state index contributed by atoms with van der Waals surface area (Å²) in [7, 11) is 0. The number of carbonyl (C=O) groups excluding carboxylic acids is 2. The van der Waals surface area contributed by atoms with Crippen molar-refractivity contribution in [2.45, 2.75) is 0 Å². The fourth-order valence-electron chi connectivity index (χ4n) is 2.46. The lowest BCUT2D eigenvalue weighted by molar-refractivity contribution is 0.0323. The summed E-state index contributed by atoms with van der Waals surface area (Å²) < 4.78 is 1.88. The van der Waals surface area contributed by atoms with Crippen molar-refractivity contribution in [3.8, 4) is 5.69 Å². The fourth-order valence-corrected chi connectivity index (χ4v) is 2.46. The third-order valence-electron chi connectivity index (χ3n) is 3.72. The van der Waals surface area contributed by atoms with Gasteiger partial charge in [0.1, 0.15) is 0 Å². The van der Waals surface area contributed by atoms with Gasteiger partial charge >= 0.3 is 0 Å². The molecule has 1 heterocycles. The Morgan fingerprint density at radius 2 is 1.54 bits per heavy atom. The van der Waals surface area contributed by atoms with Gasteiger partial charge in [0.15, 0.2) is 0 Å². The zero-order valence-corrected chi connectivity index (χ0v) is 14.1. The number of rotatable bonds is 7. The largest absolute Gasteiger partial charge is 0.350 e. The van der Waals surface area contributed by atoms with E-state index in [1.54, 1.807) is 30.3 Å². The minimum atomic E-state index is -0.324. The van der Waals surface area contributed by atoms with Gasteiger partial charge in [-0.1, -0.05) is 30.3 Å². The second-order valence-corrected chi connectivity index (χ2v) is 5.51. The summed E-state index contributed by atoms with van der Waals surface area (Å²) in [6.07, 6.45) is 3.77. The van der Waals surface area contributed by atoms with Crippen molar-refractivity contribution in [3.05, 3.63) is 90.3 Å². The molecule has 0 saturated heterocycles. The molecule has 0 saturated carbocycles. The standard InChI is InChI=1S/C20H19N3O3/c24-19(16-8-2-1-3-9-16)22-26-15-12-21-20(25)17-10-4-5-11-18(17)23-13-6-7-14-23/h1-11,13-14H,12,15H2,(H,21,25)(H,22,24). The van der Waals surface area contributed by atoms with E-state index < -0.39 is 0 Å². The van der Waals surface area contributed by atoms with Gasteiger partial charge in [0.05, 0.1) is 17.9 Å². The van der Waals surface area contributed by atoms with Gasteiger partial charge in [0, 0.05) is 24.5 Å². The molecule has 0 aliphatic heterocycles. The second-order valence-electron chi connectivity index (χ2n) is 5.51. The minimum Gasteiger partial charge on any atom is -0.350 e. The highest BCUT2D eigenvalue weighted by molar-refractivity contribution is 5.97. The number of hydrogen-bond acceptors (Lipinski definition) is 3. The number of carbonyl (C=O) groups is 2. The Labute approximate surface area is 151 Å². The molecule has 2 N–H and O–H groups in total. The summed E-state index contributed by atoms with van der Waals surface area (Å²) in [4.78, 5) is 29.3. The number of benzene rings is 2. The van der Waals surface area contributed by atoms with E-state index in [4.69, 9.17) is 4.84 Å². The molecule has 0 aliphatic carbocycles. The van der Waals surface area contributed by atoms with Crippen LogP contribution in [0.5, 0.6) is 0 Å². The highest BCUT2D eigenvalue weighted by Gasteiger charge is 2.11. The second kappa shape index (κ2) is 8.64. The lowest BCUT2D eigenvalue weighted by Crippen LogP contribution is -2.32. The van der Waals surface area contributed by atoms with Crippen molar-refractivity contribution >= 4 is 11.8 Å². The van der Waals surface area contributed by atoms with E-state index in [1.165, 1.54) is 0 Å². The molecule has 0 aliphatic rings. The Morgan fingerprint density at radius 1 is 0.846 bits per heavy atom. The molecule has 0 radical (unpaired) electrons. The number of aromatic nitrogens is 1. The summed E-state index contributed by atoms with van der Waals surface area (Å²) in [5.41, 5.74) is 4.23. The van der Waals surface area contributed by atoms with Crippen molar-refractivity contribution in [3.63, 3.8) is 0 Å². The van der Waals surface area contributed by atoms with E-state index >= 15 is 0 Å². The number of hydroxylamine groups is 1. The molecule has 1 aromatic heterocycles. The number of nitrogens with zero attached hydrogens (tertiary/aromatic N) is 1. The van der Waals surface area contributed by atoms with Crippen molar-refractivity contribution in [1.29, 1.82) is 0 Å². The van der Waals surface area contributed by atoms with Crippen LogP contribution in [0.4, 0.5) is 0 Å². The highest BCUT2D eigenvalue weighted by Crippen LogP contribution is 2.14. The van der Waals surface area contributed by atoms with Crippen LogP contribution in [-0.4, -0.2) is 29.5 Å². The minimum absolute atomic E-state index is 0.163. The molecule has 2 aromatic carbocycles. The van der Waals surface area contributed by atoms with Crippen LogP contribution >= 0.6 is 0 Å². The molecular weight excluding hydrogens is 330 g/mol. The zero-order chi connectivity index (χ0) is 18.2. The van der Waals surface area contributed by atoms with Crippen LogP contribution in [0, 0.1) is 0 Å². The molecule has 0 atom stereocenters. The van der Waals surface area contributed by atoms with Crippen LogP contribution in [0.15, 0.2) is 79.1 Å². The average Bonchev–Trinajstić information content (AvgIpc) is 3.23. The van der Waals surface area contributed by atoms with Crippen LogP contribution < -0.4 is 10.8 Å². The van der Waals surface area contributed by atoms with E-state index in [1.807, 2.05) is 53.4 Å². The first-order valence-electron chi connectivity index (χ1n) is 8.23. The lowest BCUT2D eigenvalue weighted by Gasteiger charge is -2.11. The molecule has 0 bridgehead atoms. The smallest absolute Gasteiger partial charge is 0.274 e. The zero-order valence-electron chi connectivity index (χ0n) is 14.1. The van der Waals surface area contributed by atoms with E-state index in [2.05, 4.69) is 10.8 Å². The topological polar surface area (TPSA) is 72.4 Å². The van der Waals surface area contributed by atoms with Gasteiger partial charge in [-0.25, -0.2) is 5.48 Å². The SMILES string of the molecule is O=C(NOCCNC(=O)c1ccccc1-n1cccc1)c1ccccc1. The van der Waals surface area contributed by atoms with Crippen LogP contribution in [-0.2, 0) is 4.84 Å². The van der Waals surface area contributed by atoms with E-state index in [0.29, 0.717) is 11.1 Å². The van der Waals surface area contributed by atoms with Crippen molar-refractivity contribution < 1.29 is 14.4 Å². The van der Waals surface area contributed by atoms with Crippen LogP contribution in [0.25, 0.3) is 5.69 Å². The Bertz CT molecular complexity index is 861. The van der Waals surface area contributed by atoms with Crippen LogP contribution in [0.3, 0.4) is 0 Å². The first-order chi connectivity index (χ1) is 12.8. The maximum absolute atomic E-state index is 12.4. The molecule has 6 nitrogen and oxygen atoms in total. The van der Waals surface area contributed by atoms with Crippen molar-refractivity contribution in [2.75, 3.05) is 13.2 Å². The third kappa shape index (κ3) is 4.37. The quantitative estimate of drug-likeness (QED) is 0.509. The van der Waals surface area contributed by atoms with Crippen LogP contribution in [0.1, 0.15) is 20.7 Å². The van der Waals surface area contributed by atoms with Crippen LogP contribution in [0.2, 0.25) is 0 Å². The van der Waals surface area contributed by atoms with Gasteiger partial charge in [0.25, 0.3) is 11.8 Å². The predicted molar refractivity (Wildman–Crippen MR) is 98.0 cm³/mol. The van der Waals surface area contributed by atoms with E-state index in [-0.39, 0.29) is 25.0 Å². The lowest BCUT2D eigenvalue weighted by atomic mass is 10.1. The summed E-state index contributed by atoms with van der Waals surface area (Å²) in [5.74, 6) is -0.526. The van der Waals surface area contributed by atoms with Crippen molar-refractivity contribution in [1.82, 2.24) is 15.4 Å². The maximum Gasteiger partial charge on any atom is 0.274 e. The molecule has 0 fully saturated rings. The van der Waals surface area contributed by atoms with Gasteiger partial charge in [0.2, 0.25) is 0 Å². The predicted octanol–water partition coefficient (Wildman–Crippen LogP) is 2.57. The van der Waals surface area contributed by atoms with Gasteiger partial charge in [-0.15, -0.1) is 0 Å². The number of nitrogens with one attached hydrogen (secondary N) is 2. The van der Waals surface area contributed by atoms with Gasteiger partial charge < -0.3 is 9.88 Å². The normalized spacial score (nSPS) is 10.3. The molecule has 26 heavy (non-hydrogen) atoms. The Kier molecular flexibility index (Phi) is 5.80. The summed E-state index contributed by atoms with van der Waals surface area (Å²) in [5, 5.41) is 2.79. The van der Waals surface area contributed by atoms with E-state index in [0.717, 1.165) is 5.69 Å². The van der Waals surface area contributed by atoms with Gasteiger partial charge in [-0.05, 0) is 36.4 Å². The number of hydrogen-bond donors (Lipinski definition) is 2. The Balaban J connectivity index is 1.47. The maximum atomic E-state index is 12.4. The Hall–Kier alpha value is -3.38. The van der Waals surface area contributed by atoms with Gasteiger partial charge in [-0.3, -0.25) is 14.4 Å². The van der Waals surface area contributed by atoms with Gasteiger partial charge in [-0.2, -0.15) is 0 Å². The van der Waals surface area contributed by atoms with Crippen molar-refractivity contribution in [2.24, 2.45) is 0 Å². The molecule has 132 valence electrons. The molecule has 0 spiro atoms. The summed E-state index contributed by atoms with van der Waals surface area (Å²) in [6, 6.07) is 19.9. The molecule has 3 aromatic rings. The third-order valence-corrected chi connectivity index (χ3v) is 3.72. The van der Waals surface area contributed by atoms with E-state index in [9.17, 15) is 9.59 Å². The molecule has 2 amide bonds. The monoisotopic (exact) mass is 349 g/mol. The molecule has 3 rings (SSSR count). The molecule has 0 unspecified atom stereocenters. The highest BCUT2D eigenvalue weighted by atomic mass is 16.6. The fraction of sp³-hybridized carbons (Fsp3) is 0.100. The molecule has 6 heteroatoms.